The highest BCUT2D eigenvalue weighted by Crippen LogP contribution is 2.34. The number of aromatic nitrogens is 6. The lowest BCUT2D eigenvalue weighted by Crippen LogP contribution is -2.49. The maximum absolute atomic E-state index is 13.2. The number of H-pyrrole nitrogens is 1. The number of hydrogen-bond donors (Lipinski definition) is 5. The lowest BCUT2D eigenvalue weighted by molar-refractivity contribution is -0.132. The summed E-state index contributed by atoms with van der Waals surface area (Å²) in [6, 6.07) is 16.1. The van der Waals surface area contributed by atoms with Crippen LogP contribution >= 0.6 is 34.5 Å². The molecule has 6 aromatic rings. The van der Waals surface area contributed by atoms with Gasteiger partial charge in [-0.05, 0) is 74.7 Å². The van der Waals surface area contributed by atoms with Crippen LogP contribution in [0.5, 0.6) is 5.75 Å². The number of carbonyl (C=O) groups is 4. The third-order valence-corrected chi connectivity index (χ3v) is 17.0. The molecule has 104 heavy (non-hydrogen) atoms. The summed E-state index contributed by atoms with van der Waals surface area (Å²) in [5.74, 6) is 1.38. The summed E-state index contributed by atoms with van der Waals surface area (Å²) < 4.78 is 97.3. The highest BCUT2D eigenvalue weighted by molar-refractivity contribution is 7.17. The Hall–Kier alpha value is -7.45. The number of piperidine rings is 1. The van der Waals surface area contributed by atoms with Crippen molar-refractivity contribution >= 4 is 92.1 Å². The molecule has 570 valence electrons. The van der Waals surface area contributed by atoms with Gasteiger partial charge in [0, 0.05) is 93.0 Å². The Kier molecular flexibility index (Phi) is 36.7. The number of nitrogens with zero attached hydrogens (tertiary/aromatic N) is 8. The largest absolute Gasteiger partial charge is 0.487 e. The average Bonchev–Trinajstić information content (AvgIpc) is 1.22. The van der Waals surface area contributed by atoms with Crippen molar-refractivity contribution in [3.63, 3.8) is 0 Å². The van der Waals surface area contributed by atoms with Crippen LogP contribution in [0.2, 0.25) is 5.02 Å². The van der Waals surface area contributed by atoms with Crippen LogP contribution in [0.15, 0.2) is 79.3 Å². The minimum absolute atomic E-state index is 0.0347. The Balaban J connectivity index is 0.502. The highest BCUT2D eigenvalue weighted by atomic mass is 35.5. The summed E-state index contributed by atoms with van der Waals surface area (Å²) >= 11 is 12.3. The fourth-order valence-corrected chi connectivity index (χ4v) is 11.5. The molecular formula is C69H93Cl2F2N13O17S. The van der Waals surface area contributed by atoms with Crippen LogP contribution in [-0.2, 0) is 66.4 Å². The van der Waals surface area contributed by atoms with Gasteiger partial charge in [-0.25, -0.2) is 19.9 Å². The van der Waals surface area contributed by atoms with E-state index in [1.165, 1.54) is 48.0 Å². The SMILES string of the molecule is Cc1nc(Nc2ncc(C(=O)Nc3c(C)cccc3Cl)s2)cc(N2CCN(C(=O)CCOCCOCCOCCOCCOCCOCCOCCOCCOCCOCCOCCOCCNC(=O)C3CCN(c4ncc(C(=O)Nc5ccc(OC(F)(F)Cl)cc5)cc4-c4ccn[nH]4)CC3)CC2)n1. The monoisotopic (exact) mass is 1520 g/mol. The number of benzene rings is 2. The fraction of sp³-hybridized carbons (Fsp3) is 0.551. The third-order valence-electron chi connectivity index (χ3n) is 15.7. The zero-order valence-electron chi connectivity index (χ0n) is 58.6. The van der Waals surface area contributed by atoms with E-state index in [2.05, 4.69) is 65.9 Å². The van der Waals surface area contributed by atoms with Crippen molar-refractivity contribution in [2.45, 2.75) is 38.7 Å². The number of rotatable bonds is 51. The van der Waals surface area contributed by atoms with Gasteiger partial charge in [0.15, 0.2) is 5.13 Å². The molecular weight excluding hydrogens is 1420 g/mol. The van der Waals surface area contributed by atoms with Crippen molar-refractivity contribution in [1.82, 2.24) is 40.3 Å². The van der Waals surface area contributed by atoms with Crippen molar-refractivity contribution in [1.29, 1.82) is 0 Å². The van der Waals surface area contributed by atoms with Crippen LogP contribution in [0.1, 0.15) is 50.7 Å². The maximum atomic E-state index is 13.2. The molecule has 0 spiro atoms. The predicted octanol–water partition coefficient (Wildman–Crippen LogP) is 7.68. The summed E-state index contributed by atoms with van der Waals surface area (Å²) in [7, 11) is 0. The molecule has 0 saturated carbocycles. The minimum atomic E-state index is -3.86. The second kappa shape index (κ2) is 46.5. The zero-order valence-corrected chi connectivity index (χ0v) is 60.9. The molecule has 6 heterocycles. The number of alkyl halides is 3. The molecule has 4 amide bonds. The smallest absolute Gasteiger partial charge is 0.420 e. The summed E-state index contributed by atoms with van der Waals surface area (Å²) in [6.07, 6.45) is 6.06. The van der Waals surface area contributed by atoms with Crippen LogP contribution in [0.25, 0.3) is 11.3 Å². The Morgan fingerprint density at radius 3 is 1.66 bits per heavy atom. The van der Waals surface area contributed by atoms with Crippen LogP contribution in [-0.4, -0.2) is 269 Å². The Bertz CT molecular complexity index is 3470. The number of amides is 4. The predicted molar refractivity (Wildman–Crippen MR) is 385 cm³/mol. The first kappa shape index (κ1) is 82.2. The quantitative estimate of drug-likeness (QED) is 0.0181. The number of para-hydroxylation sites is 1. The standard InChI is InChI=1S/C69H93Cl2F2N13O17S/c1-50-4-3-5-57(70)63(50)82-67(90)59-49-76-68(104-59)81-60-47-61(79-51(2)78-60)84-18-20-85(21-19-84)62(87)13-22-91-24-26-93-28-30-95-32-34-97-36-38-99-40-42-101-44-45-102-43-41-100-39-37-98-35-33-96-31-29-94-27-25-92-23-15-74-65(88)52-11-16-86(17-12-52)64-56(58-10-14-77-83-58)46-53(48-75-64)66(89)80-54-6-8-55(9-7-54)103-69(71,72)73/h3-10,14,46-49,52H,11-13,15-45H2,1-2H3,(H,74,88)(H,77,83)(H,80,89)(H,82,90)(H,76,78,79,81). The van der Waals surface area contributed by atoms with Gasteiger partial charge in [-0.2, -0.15) is 5.10 Å². The molecule has 30 nitrogen and oxygen atoms in total. The van der Waals surface area contributed by atoms with E-state index in [9.17, 15) is 28.0 Å². The molecule has 0 radical (unpaired) electrons. The molecule has 2 fully saturated rings. The number of piperazine rings is 1. The summed E-state index contributed by atoms with van der Waals surface area (Å²) in [4.78, 5) is 76.7. The molecule has 0 unspecified atom stereocenters. The first-order valence-electron chi connectivity index (χ1n) is 34.5. The van der Waals surface area contributed by atoms with Crippen molar-refractivity contribution in [2.75, 3.05) is 230 Å². The van der Waals surface area contributed by atoms with Gasteiger partial charge in [-0.3, -0.25) is 24.3 Å². The number of aryl methyl sites for hydroxylation is 2. The molecule has 2 saturated heterocycles. The van der Waals surface area contributed by atoms with Gasteiger partial charge in [-0.1, -0.05) is 35.1 Å². The molecule has 8 rings (SSSR count). The van der Waals surface area contributed by atoms with Gasteiger partial charge < -0.3 is 97.5 Å². The van der Waals surface area contributed by atoms with Crippen molar-refractivity contribution in [2.24, 2.45) is 5.92 Å². The number of hydrogen-bond acceptors (Lipinski definition) is 26. The normalized spacial score (nSPS) is 13.5. The van der Waals surface area contributed by atoms with Gasteiger partial charge >= 0.3 is 5.57 Å². The van der Waals surface area contributed by atoms with Crippen LogP contribution in [0.4, 0.5) is 42.7 Å². The molecule has 4 aromatic heterocycles. The molecule has 35 heteroatoms. The number of pyridine rings is 1. The maximum Gasteiger partial charge on any atom is 0.487 e. The summed E-state index contributed by atoms with van der Waals surface area (Å²) in [5.41, 5.74) is -0.514. The van der Waals surface area contributed by atoms with Crippen LogP contribution < -0.4 is 35.8 Å². The Labute approximate surface area is 616 Å². The molecule has 2 aliphatic heterocycles. The average molecular weight is 1520 g/mol. The van der Waals surface area contributed by atoms with E-state index < -0.39 is 11.5 Å². The number of anilines is 6. The van der Waals surface area contributed by atoms with Crippen molar-refractivity contribution < 1.29 is 89.5 Å². The van der Waals surface area contributed by atoms with Gasteiger partial charge in [0.1, 0.15) is 33.9 Å². The lowest BCUT2D eigenvalue weighted by atomic mass is 9.95. The van der Waals surface area contributed by atoms with Gasteiger partial charge in [-0.15, -0.1) is 8.78 Å². The number of carbonyl (C=O) groups excluding carboxylic acids is 4. The molecule has 0 atom stereocenters. The van der Waals surface area contributed by atoms with E-state index >= 15 is 0 Å². The number of ether oxygens (including phenoxy) is 13. The summed E-state index contributed by atoms with van der Waals surface area (Å²) in [6.45, 7) is 17.6. The van der Waals surface area contributed by atoms with E-state index in [0.717, 1.165) is 11.4 Å². The second-order valence-corrected chi connectivity index (χ2v) is 25.2. The van der Waals surface area contributed by atoms with Crippen LogP contribution in [0, 0.1) is 19.8 Å². The van der Waals surface area contributed by atoms with E-state index in [1.54, 1.807) is 24.4 Å². The van der Waals surface area contributed by atoms with Gasteiger partial charge in [0.2, 0.25) is 11.8 Å². The number of aromatic amines is 1. The zero-order chi connectivity index (χ0) is 73.4. The molecule has 0 aliphatic carbocycles. The van der Waals surface area contributed by atoms with E-state index in [0.29, 0.717) is 272 Å². The van der Waals surface area contributed by atoms with Crippen molar-refractivity contribution in [3.05, 3.63) is 106 Å². The molecule has 2 aromatic carbocycles. The Morgan fingerprint density at radius 2 is 1.14 bits per heavy atom. The van der Waals surface area contributed by atoms with E-state index in [1.807, 2.05) is 36.9 Å². The first-order chi connectivity index (χ1) is 50.7. The number of thiazole rings is 1. The second-order valence-electron chi connectivity index (χ2n) is 23.3. The number of nitrogens with one attached hydrogen (secondary N) is 5. The third kappa shape index (κ3) is 30.6. The van der Waals surface area contributed by atoms with E-state index in [-0.39, 0.29) is 41.4 Å². The van der Waals surface area contributed by atoms with E-state index in [4.69, 9.17) is 80.0 Å². The molecule has 2 aliphatic rings. The summed E-state index contributed by atoms with van der Waals surface area (Å²) in [5, 5.41) is 19.7. The van der Waals surface area contributed by atoms with Crippen LogP contribution in [0.3, 0.4) is 0 Å². The van der Waals surface area contributed by atoms with Gasteiger partial charge in [0.05, 0.1) is 193 Å². The van der Waals surface area contributed by atoms with Crippen molar-refractivity contribution in [3.8, 4) is 17.0 Å². The molecule has 0 bridgehead atoms. The minimum Gasteiger partial charge on any atom is -0.420 e. The number of halogens is 4. The first-order valence-corrected chi connectivity index (χ1v) is 36.0. The van der Waals surface area contributed by atoms with Gasteiger partial charge in [0.25, 0.3) is 11.8 Å². The fourth-order valence-electron chi connectivity index (χ4n) is 10.4. The topological polar surface area (TPSA) is 326 Å². The highest BCUT2D eigenvalue weighted by Gasteiger charge is 2.30. The lowest BCUT2D eigenvalue weighted by Gasteiger charge is -2.35. The Morgan fingerprint density at radius 1 is 0.606 bits per heavy atom. The molecule has 5 N–H and O–H groups in total.